The van der Waals surface area contributed by atoms with Crippen LogP contribution in [0.3, 0.4) is 0 Å². The predicted octanol–water partition coefficient (Wildman–Crippen LogP) is 2.58. The second kappa shape index (κ2) is 4.94. The monoisotopic (exact) mass is 290 g/mol. The SMILES string of the molecule is Cc1ccccc1-c1c(Cl)[nH]c(=O)n(CC2CC2)c1=O. The van der Waals surface area contributed by atoms with E-state index in [-0.39, 0.29) is 10.7 Å². The predicted molar refractivity (Wildman–Crippen MR) is 79.2 cm³/mol. The third-order valence-electron chi connectivity index (χ3n) is 3.69. The fourth-order valence-electron chi connectivity index (χ4n) is 2.36. The zero-order valence-corrected chi connectivity index (χ0v) is 11.9. The van der Waals surface area contributed by atoms with Gasteiger partial charge in [-0.25, -0.2) is 4.79 Å². The number of halogens is 1. The summed E-state index contributed by atoms with van der Waals surface area (Å²) in [6.07, 6.45) is 2.16. The lowest BCUT2D eigenvalue weighted by Gasteiger charge is -2.10. The van der Waals surface area contributed by atoms with Gasteiger partial charge in [-0.1, -0.05) is 35.9 Å². The Labute approximate surface area is 121 Å². The Morgan fingerprint density at radius 3 is 2.65 bits per heavy atom. The average Bonchev–Trinajstić information content (AvgIpc) is 3.20. The molecule has 3 rings (SSSR count). The summed E-state index contributed by atoms with van der Waals surface area (Å²) in [4.78, 5) is 27.1. The standard InChI is InChI=1S/C15H15ClN2O2/c1-9-4-2-3-5-11(9)12-13(16)17-15(20)18(14(12)19)8-10-6-7-10/h2-5,10H,6-8H2,1H3,(H,17,20). The third kappa shape index (κ3) is 2.31. The summed E-state index contributed by atoms with van der Waals surface area (Å²) in [6.45, 7) is 2.39. The first-order valence-electron chi connectivity index (χ1n) is 6.66. The molecule has 1 heterocycles. The molecular weight excluding hydrogens is 276 g/mol. The van der Waals surface area contributed by atoms with Crippen LogP contribution in [0.2, 0.25) is 5.15 Å². The molecule has 1 aromatic heterocycles. The summed E-state index contributed by atoms with van der Waals surface area (Å²) in [5, 5.41) is 0.112. The van der Waals surface area contributed by atoms with Crippen molar-refractivity contribution in [3.63, 3.8) is 0 Å². The first kappa shape index (κ1) is 13.2. The molecular formula is C15H15ClN2O2. The lowest BCUT2D eigenvalue weighted by atomic mass is 10.0. The molecule has 4 nitrogen and oxygen atoms in total. The van der Waals surface area contributed by atoms with E-state index in [1.54, 1.807) is 0 Å². The van der Waals surface area contributed by atoms with E-state index in [1.165, 1.54) is 4.57 Å². The molecule has 1 aliphatic rings. The molecule has 0 saturated heterocycles. The maximum atomic E-state index is 12.6. The molecule has 0 amide bonds. The summed E-state index contributed by atoms with van der Waals surface area (Å²) in [5.74, 6) is 0.444. The van der Waals surface area contributed by atoms with E-state index in [1.807, 2.05) is 31.2 Å². The molecule has 0 radical (unpaired) electrons. The smallest absolute Gasteiger partial charge is 0.297 e. The highest BCUT2D eigenvalue weighted by atomic mass is 35.5. The Balaban J connectivity index is 2.22. The van der Waals surface area contributed by atoms with Crippen LogP contribution >= 0.6 is 11.6 Å². The molecule has 1 N–H and O–H groups in total. The molecule has 0 spiro atoms. The van der Waals surface area contributed by atoms with Gasteiger partial charge < -0.3 is 0 Å². The highest BCUT2D eigenvalue weighted by Crippen LogP contribution is 2.30. The van der Waals surface area contributed by atoms with Crippen molar-refractivity contribution in [2.24, 2.45) is 5.92 Å². The van der Waals surface area contributed by atoms with Crippen molar-refractivity contribution < 1.29 is 0 Å². The number of aromatic amines is 1. The summed E-state index contributed by atoms with van der Waals surface area (Å²) in [7, 11) is 0. The quantitative estimate of drug-likeness (QED) is 0.883. The van der Waals surface area contributed by atoms with E-state index in [9.17, 15) is 9.59 Å². The molecule has 1 fully saturated rings. The van der Waals surface area contributed by atoms with Crippen LogP contribution in [0.1, 0.15) is 18.4 Å². The van der Waals surface area contributed by atoms with Gasteiger partial charge in [0.2, 0.25) is 0 Å². The number of hydrogen-bond donors (Lipinski definition) is 1. The van der Waals surface area contributed by atoms with Crippen molar-refractivity contribution >= 4 is 11.6 Å². The lowest BCUT2D eigenvalue weighted by Crippen LogP contribution is -2.36. The van der Waals surface area contributed by atoms with E-state index >= 15 is 0 Å². The number of H-pyrrole nitrogens is 1. The number of rotatable bonds is 3. The Hall–Kier alpha value is -1.81. The van der Waals surface area contributed by atoms with Gasteiger partial charge in [0, 0.05) is 6.54 Å². The molecule has 0 atom stereocenters. The van der Waals surface area contributed by atoms with Gasteiger partial charge in [-0.05, 0) is 36.8 Å². The van der Waals surface area contributed by atoms with Crippen molar-refractivity contribution in [2.75, 3.05) is 0 Å². The van der Waals surface area contributed by atoms with Gasteiger partial charge in [0.15, 0.2) is 0 Å². The highest BCUT2D eigenvalue weighted by Gasteiger charge is 2.25. The first-order valence-corrected chi connectivity index (χ1v) is 7.04. The fourth-order valence-corrected chi connectivity index (χ4v) is 2.62. The zero-order chi connectivity index (χ0) is 14.3. The van der Waals surface area contributed by atoms with Crippen molar-refractivity contribution in [2.45, 2.75) is 26.3 Å². The maximum absolute atomic E-state index is 12.6. The van der Waals surface area contributed by atoms with Gasteiger partial charge in [0.1, 0.15) is 5.15 Å². The number of aromatic nitrogens is 2. The fraction of sp³-hybridized carbons (Fsp3) is 0.333. The minimum Gasteiger partial charge on any atom is -0.297 e. The molecule has 1 aliphatic carbocycles. The first-order chi connectivity index (χ1) is 9.58. The minimum atomic E-state index is -0.427. The van der Waals surface area contributed by atoms with Crippen molar-refractivity contribution in [1.82, 2.24) is 9.55 Å². The van der Waals surface area contributed by atoms with Crippen LogP contribution in [0.4, 0.5) is 0 Å². The summed E-state index contributed by atoms with van der Waals surface area (Å²) < 4.78 is 1.27. The molecule has 0 bridgehead atoms. The van der Waals surface area contributed by atoms with Gasteiger partial charge in [0.25, 0.3) is 5.56 Å². The molecule has 104 valence electrons. The van der Waals surface area contributed by atoms with Crippen LogP contribution in [-0.4, -0.2) is 9.55 Å². The van der Waals surface area contributed by atoms with E-state index < -0.39 is 5.69 Å². The van der Waals surface area contributed by atoms with Gasteiger partial charge in [-0.3, -0.25) is 14.3 Å². The summed E-state index contributed by atoms with van der Waals surface area (Å²) in [6, 6.07) is 7.52. The molecule has 2 aromatic rings. The van der Waals surface area contributed by atoms with Gasteiger partial charge in [-0.15, -0.1) is 0 Å². The summed E-state index contributed by atoms with van der Waals surface area (Å²) in [5.41, 5.74) is 1.37. The van der Waals surface area contributed by atoms with Gasteiger partial charge in [0.05, 0.1) is 5.56 Å². The van der Waals surface area contributed by atoms with Crippen LogP contribution < -0.4 is 11.2 Å². The van der Waals surface area contributed by atoms with Crippen LogP contribution in [0.15, 0.2) is 33.9 Å². The van der Waals surface area contributed by atoms with E-state index in [4.69, 9.17) is 11.6 Å². The number of nitrogens with one attached hydrogen (secondary N) is 1. The lowest BCUT2D eigenvalue weighted by molar-refractivity contribution is 0.576. The van der Waals surface area contributed by atoms with Crippen molar-refractivity contribution in [3.05, 3.63) is 55.8 Å². The zero-order valence-electron chi connectivity index (χ0n) is 11.1. The molecule has 20 heavy (non-hydrogen) atoms. The van der Waals surface area contributed by atoms with Crippen LogP contribution in [0.5, 0.6) is 0 Å². The maximum Gasteiger partial charge on any atom is 0.329 e. The van der Waals surface area contributed by atoms with Crippen molar-refractivity contribution in [1.29, 1.82) is 0 Å². The Bertz CT molecular complexity index is 772. The van der Waals surface area contributed by atoms with Crippen LogP contribution in [0.25, 0.3) is 11.1 Å². The Morgan fingerprint density at radius 1 is 1.30 bits per heavy atom. The highest BCUT2D eigenvalue weighted by molar-refractivity contribution is 6.32. The number of benzene rings is 1. The van der Waals surface area contributed by atoms with Gasteiger partial charge >= 0.3 is 5.69 Å². The molecule has 0 unspecified atom stereocenters. The second-order valence-corrected chi connectivity index (χ2v) is 5.67. The third-order valence-corrected chi connectivity index (χ3v) is 3.98. The topological polar surface area (TPSA) is 54.9 Å². The van der Waals surface area contributed by atoms with Crippen LogP contribution in [0, 0.1) is 12.8 Å². The van der Waals surface area contributed by atoms with E-state index in [0.717, 1.165) is 24.0 Å². The molecule has 1 aromatic carbocycles. The molecule has 5 heteroatoms. The van der Waals surface area contributed by atoms with Gasteiger partial charge in [-0.2, -0.15) is 0 Å². The largest absolute Gasteiger partial charge is 0.329 e. The summed E-state index contributed by atoms with van der Waals surface area (Å²) >= 11 is 6.10. The normalized spacial score (nSPS) is 14.5. The Kier molecular flexibility index (Phi) is 3.26. The molecule has 0 aliphatic heterocycles. The number of hydrogen-bond acceptors (Lipinski definition) is 2. The van der Waals surface area contributed by atoms with E-state index in [2.05, 4.69) is 4.98 Å². The number of aryl methyl sites for hydroxylation is 1. The average molecular weight is 291 g/mol. The number of nitrogens with zero attached hydrogens (tertiary/aromatic N) is 1. The molecule has 1 saturated carbocycles. The van der Waals surface area contributed by atoms with Crippen LogP contribution in [-0.2, 0) is 6.54 Å². The second-order valence-electron chi connectivity index (χ2n) is 5.29. The van der Waals surface area contributed by atoms with Crippen molar-refractivity contribution in [3.8, 4) is 11.1 Å². The Morgan fingerprint density at radius 2 is 2.00 bits per heavy atom. The minimum absolute atomic E-state index is 0.112. The van der Waals surface area contributed by atoms with E-state index in [0.29, 0.717) is 18.0 Å².